The largest absolute Gasteiger partial charge is 0.489 e. The third-order valence-corrected chi connectivity index (χ3v) is 2.18. The van der Waals surface area contributed by atoms with Crippen LogP contribution in [0.3, 0.4) is 0 Å². The Labute approximate surface area is 92.7 Å². The standard InChI is InChI=1S/C12H10N2O2/c13-7-9-8-14-11-4-2-1-3-10(11)12(9)16-6-5-15/h1-4,8,15H,5-6H2. The predicted molar refractivity (Wildman–Crippen MR) is 59.0 cm³/mol. The number of para-hydroxylation sites is 1. The summed E-state index contributed by atoms with van der Waals surface area (Å²) in [5, 5.41) is 18.5. The van der Waals surface area contributed by atoms with Crippen LogP contribution in [0.5, 0.6) is 5.75 Å². The molecule has 4 nitrogen and oxygen atoms in total. The summed E-state index contributed by atoms with van der Waals surface area (Å²) in [6.45, 7) is 0.0875. The highest BCUT2D eigenvalue weighted by atomic mass is 16.5. The third kappa shape index (κ3) is 1.81. The number of nitrogens with zero attached hydrogens (tertiary/aromatic N) is 2. The molecule has 0 spiro atoms. The number of pyridine rings is 1. The van der Waals surface area contributed by atoms with Crippen LogP contribution < -0.4 is 4.74 Å². The van der Waals surface area contributed by atoms with E-state index in [2.05, 4.69) is 4.98 Å². The highest BCUT2D eigenvalue weighted by Gasteiger charge is 2.09. The SMILES string of the molecule is N#Cc1cnc2ccccc2c1OCCO. The van der Waals surface area contributed by atoms with Crippen molar-refractivity contribution in [3.05, 3.63) is 36.0 Å². The zero-order valence-corrected chi connectivity index (χ0v) is 8.55. The molecule has 0 bridgehead atoms. The molecule has 2 aromatic rings. The lowest BCUT2D eigenvalue weighted by molar-refractivity contribution is 0.202. The Morgan fingerprint density at radius 2 is 2.19 bits per heavy atom. The Bertz CT molecular complexity index is 546. The minimum Gasteiger partial charge on any atom is -0.489 e. The van der Waals surface area contributed by atoms with Gasteiger partial charge in [0.1, 0.15) is 24.0 Å². The van der Waals surface area contributed by atoms with Gasteiger partial charge in [0.15, 0.2) is 0 Å². The van der Waals surface area contributed by atoms with Crippen LogP contribution in [0.4, 0.5) is 0 Å². The molecule has 80 valence electrons. The highest BCUT2D eigenvalue weighted by Crippen LogP contribution is 2.27. The molecule has 1 N–H and O–H groups in total. The fourth-order valence-corrected chi connectivity index (χ4v) is 1.50. The van der Waals surface area contributed by atoms with Gasteiger partial charge in [-0.15, -0.1) is 0 Å². The fraction of sp³-hybridized carbons (Fsp3) is 0.167. The first kappa shape index (κ1) is 10.4. The van der Waals surface area contributed by atoms with Gasteiger partial charge in [-0.2, -0.15) is 5.26 Å². The number of rotatable bonds is 3. The Morgan fingerprint density at radius 1 is 1.38 bits per heavy atom. The van der Waals surface area contributed by atoms with Crippen molar-refractivity contribution in [3.8, 4) is 11.8 Å². The number of ether oxygens (including phenoxy) is 1. The van der Waals surface area contributed by atoms with Gasteiger partial charge in [-0.05, 0) is 12.1 Å². The van der Waals surface area contributed by atoms with Crippen molar-refractivity contribution in [2.24, 2.45) is 0 Å². The van der Waals surface area contributed by atoms with E-state index >= 15 is 0 Å². The second-order valence-corrected chi connectivity index (χ2v) is 3.20. The van der Waals surface area contributed by atoms with Crippen molar-refractivity contribution in [2.75, 3.05) is 13.2 Å². The molecule has 0 amide bonds. The number of hydrogen-bond donors (Lipinski definition) is 1. The van der Waals surface area contributed by atoms with Gasteiger partial charge in [0.2, 0.25) is 0 Å². The molecule has 2 rings (SSSR count). The van der Waals surface area contributed by atoms with E-state index in [0.717, 1.165) is 10.9 Å². The van der Waals surface area contributed by atoms with Crippen LogP contribution >= 0.6 is 0 Å². The lowest BCUT2D eigenvalue weighted by atomic mass is 10.1. The van der Waals surface area contributed by atoms with Gasteiger partial charge in [0.25, 0.3) is 0 Å². The first-order valence-corrected chi connectivity index (χ1v) is 4.88. The first-order chi connectivity index (χ1) is 7.86. The van der Waals surface area contributed by atoms with Crippen LogP contribution in [0.2, 0.25) is 0 Å². The molecule has 0 aliphatic rings. The lowest BCUT2D eigenvalue weighted by Crippen LogP contribution is -2.04. The molecular weight excluding hydrogens is 204 g/mol. The topological polar surface area (TPSA) is 66.1 Å². The smallest absolute Gasteiger partial charge is 0.148 e. The summed E-state index contributed by atoms with van der Waals surface area (Å²) in [5.41, 5.74) is 1.15. The molecule has 0 saturated heterocycles. The van der Waals surface area contributed by atoms with E-state index in [1.54, 1.807) is 0 Å². The molecule has 1 aromatic carbocycles. The molecule has 4 heteroatoms. The van der Waals surface area contributed by atoms with Crippen molar-refractivity contribution >= 4 is 10.9 Å². The number of hydrogen-bond acceptors (Lipinski definition) is 4. The minimum absolute atomic E-state index is 0.0818. The van der Waals surface area contributed by atoms with E-state index < -0.39 is 0 Å². The average molecular weight is 214 g/mol. The van der Waals surface area contributed by atoms with Crippen molar-refractivity contribution in [1.29, 1.82) is 5.26 Å². The van der Waals surface area contributed by atoms with Gasteiger partial charge in [-0.25, -0.2) is 0 Å². The quantitative estimate of drug-likeness (QED) is 0.840. The van der Waals surface area contributed by atoms with Crippen LogP contribution in [0.15, 0.2) is 30.5 Å². The number of fused-ring (bicyclic) bond motifs is 1. The summed E-state index contributed by atoms with van der Waals surface area (Å²) in [4.78, 5) is 4.16. The van der Waals surface area contributed by atoms with E-state index in [4.69, 9.17) is 15.1 Å². The Kier molecular flexibility index (Phi) is 2.99. The van der Waals surface area contributed by atoms with Gasteiger partial charge in [0, 0.05) is 11.6 Å². The first-order valence-electron chi connectivity index (χ1n) is 4.88. The van der Waals surface area contributed by atoms with Crippen LogP contribution in [-0.2, 0) is 0 Å². The number of aromatic nitrogens is 1. The molecule has 1 heterocycles. The summed E-state index contributed by atoms with van der Waals surface area (Å²) >= 11 is 0. The van der Waals surface area contributed by atoms with E-state index in [1.807, 2.05) is 30.3 Å². The second-order valence-electron chi connectivity index (χ2n) is 3.20. The molecule has 0 saturated carbocycles. The third-order valence-electron chi connectivity index (χ3n) is 2.18. The lowest BCUT2D eigenvalue weighted by Gasteiger charge is -2.08. The van der Waals surface area contributed by atoms with Gasteiger partial charge >= 0.3 is 0 Å². The van der Waals surface area contributed by atoms with Crippen molar-refractivity contribution < 1.29 is 9.84 Å². The van der Waals surface area contributed by atoms with Crippen LogP contribution in [0.25, 0.3) is 10.9 Å². The zero-order valence-electron chi connectivity index (χ0n) is 8.55. The van der Waals surface area contributed by atoms with Gasteiger partial charge in [0.05, 0.1) is 12.1 Å². The van der Waals surface area contributed by atoms with Crippen LogP contribution in [0, 0.1) is 11.3 Å². The van der Waals surface area contributed by atoms with Crippen molar-refractivity contribution in [1.82, 2.24) is 4.98 Å². The van der Waals surface area contributed by atoms with E-state index in [9.17, 15) is 0 Å². The summed E-state index contributed by atoms with van der Waals surface area (Å²) in [6.07, 6.45) is 1.48. The minimum atomic E-state index is -0.0818. The summed E-state index contributed by atoms with van der Waals surface area (Å²) in [6, 6.07) is 9.45. The molecule has 0 aliphatic carbocycles. The summed E-state index contributed by atoms with van der Waals surface area (Å²) in [7, 11) is 0. The Balaban J connectivity index is 2.60. The predicted octanol–water partition coefficient (Wildman–Crippen LogP) is 1.48. The maximum atomic E-state index is 8.94. The molecule has 0 atom stereocenters. The molecule has 1 aromatic heterocycles. The highest BCUT2D eigenvalue weighted by molar-refractivity contribution is 5.86. The van der Waals surface area contributed by atoms with E-state index in [-0.39, 0.29) is 13.2 Å². The molecular formula is C12H10N2O2. The summed E-state index contributed by atoms with van der Waals surface area (Å²) in [5.74, 6) is 0.488. The van der Waals surface area contributed by atoms with Gasteiger partial charge in [-0.3, -0.25) is 4.98 Å². The number of nitriles is 1. The van der Waals surface area contributed by atoms with Crippen molar-refractivity contribution in [3.63, 3.8) is 0 Å². The van der Waals surface area contributed by atoms with Crippen molar-refractivity contribution in [2.45, 2.75) is 0 Å². The Morgan fingerprint density at radius 3 is 2.94 bits per heavy atom. The zero-order chi connectivity index (χ0) is 11.4. The van der Waals surface area contributed by atoms with E-state index in [1.165, 1.54) is 6.20 Å². The fourth-order valence-electron chi connectivity index (χ4n) is 1.50. The number of aliphatic hydroxyl groups excluding tert-OH is 1. The molecule has 0 radical (unpaired) electrons. The van der Waals surface area contributed by atoms with Crippen LogP contribution in [-0.4, -0.2) is 23.3 Å². The Hall–Kier alpha value is -2.12. The monoisotopic (exact) mass is 214 g/mol. The second kappa shape index (κ2) is 4.60. The van der Waals surface area contributed by atoms with Gasteiger partial charge < -0.3 is 9.84 Å². The molecule has 16 heavy (non-hydrogen) atoms. The molecule has 0 fully saturated rings. The summed E-state index contributed by atoms with van der Waals surface area (Å²) < 4.78 is 5.38. The maximum absolute atomic E-state index is 8.94. The normalized spacial score (nSPS) is 10.0. The van der Waals surface area contributed by atoms with Crippen LogP contribution in [0.1, 0.15) is 5.56 Å². The van der Waals surface area contributed by atoms with E-state index in [0.29, 0.717) is 11.3 Å². The molecule has 0 unspecified atom stereocenters. The van der Waals surface area contributed by atoms with Gasteiger partial charge in [-0.1, -0.05) is 12.1 Å². The average Bonchev–Trinajstić information content (AvgIpc) is 2.35. The molecule has 0 aliphatic heterocycles. The maximum Gasteiger partial charge on any atom is 0.148 e. The number of aliphatic hydroxyl groups is 1. The number of benzene rings is 1.